The molecule has 2 aromatic rings. The van der Waals surface area contributed by atoms with Crippen LogP contribution in [-0.4, -0.2) is 71.4 Å². The highest BCUT2D eigenvalue weighted by atomic mass is 16.5. The number of hydrogen-bond acceptors (Lipinski definition) is 7. The van der Waals surface area contributed by atoms with Crippen molar-refractivity contribution in [3.05, 3.63) is 54.1 Å². The Morgan fingerprint density at radius 2 is 2.07 bits per heavy atom. The van der Waals surface area contributed by atoms with Crippen molar-refractivity contribution in [2.45, 2.75) is 18.5 Å². The van der Waals surface area contributed by atoms with Crippen LogP contribution in [-0.2, 0) is 16.0 Å². The number of primary amides is 1. The lowest BCUT2D eigenvalue weighted by Crippen LogP contribution is -2.60. The molecule has 0 saturated carbocycles. The minimum absolute atomic E-state index is 0.148. The largest absolute Gasteiger partial charge is 0.497 e. The Kier molecular flexibility index (Phi) is 6.91. The first-order valence-corrected chi connectivity index (χ1v) is 9.49. The maximum atomic E-state index is 12.7. The molecule has 0 aliphatic carbocycles. The second-order valence-corrected chi connectivity index (χ2v) is 6.86. The summed E-state index contributed by atoms with van der Waals surface area (Å²) >= 11 is 0. The van der Waals surface area contributed by atoms with Crippen LogP contribution in [0.25, 0.3) is 0 Å². The van der Waals surface area contributed by atoms with Gasteiger partial charge in [-0.25, -0.2) is 4.98 Å². The molecule has 2 unspecified atom stereocenters. The molecule has 10 heteroatoms. The van der Waals surface area contributed by atoms with E-state index in [9.17, 15) is 14.4 Å². The number of nitrogens with one attached hydrogen (secondary N) is 2. The Morgan fingerprint density at radius 3 is 2.70 bits per heavy atom. The summed E-state index contributed by atoms with van der Waals surface area (Å²) in [5.41, 5.74) is 6.54. The molecule has 0 bridgehead atoms. The monoisotopic (exact) mass is 412 g/mol. The predicted octanol–water partition coefficient (Wildman–Crippen LogP) is -0.888. The zero-order chi connectivity index (χ0) is 21.5. The first kappa shape index (κ1) is 21.2. The van der Waals surface area contributed by atoms with Crippen LogP contribution in [0.5, 0.6) is 5.75 Å². The highest BCUT2D eigenvalue weighted by Crippen LogP contribution is 2.13. The number of aromatic nitrogens is 2. The van der Waals surface area contributed by atoms with Crippen molar-refractivity contribution in [1.29, 1.82) is 0 Å². The Morgan fingerprint density at radius 1 is 1.30 bits per heavy atom. The summed E-state index contributed by atoms with van der Waals surface area (Å²) in [6, 6.07) is 5.61. The number of nitrogens with zero attached hydrogens (tertiary/aromatic N) is 3. The maximum Gasteiger partial charge on any atom is 0.274 e. The molecule has 30 heavy (non-hydrogen) atoms. The van der Waals surface area contributed by atoms with E-state index in [-0.39, 0.29) is 24.6 Å². The van der Waals surface area contributed by atoms with Gasteiger partial charge >= 0.3 is 0 Å². The molecular formula is C20H24N6O4. The Hall–Kier alpha value is -3.53. The van der Waals surface area contributed by atoms with E-state index in [1.807, 2.05) is 0 Å². The molecule has 1 aromatic carbocycles. The van der Waals surface area contributed by atoms with E-state index in [0.717, 1.165) is 5.56 Å². The molecule has 0 radical (unpaired) electrons. The number of carbonyl (C=O) groups excluding carboxylic acids is 3. The van der Waals surface area contributed by atoms with Gasteiger partial charge in [-0.05, 0) is 17.7 Å². The van der Waals surface area contributed by atoms with Crippen LogP contribution >= 0.6 is 0 Å². The van der Waals surface area contributed by atoms with E-state index >= 15 is 0 Å². The number of amides is 3. The minimum Gasteiger partial charge on any atom is -0.497 e. The number of piperazine rings is 1. The van der Waals surface area contributed by atoms with Gasteiger partial charge in [-0.3, -0.25) is 19.4 Å². The Balaban J connectivity index is 1.62. The lowest BCUT2D eigenvalue weighted by molar-refractivity contribution is -0.129. The molecule has 1 aliphatic rings. The molecule has 1 aromatic heterocycles. The van der Waals surface area contributed by atoms with E-state index in [1.165, 1.54) is 23.5 Å². The predicted molar refractivity (Wildman–Crippen MR) is 108 cm³/mol. The fraction of sp³-hybridized carbons (Fsp3) is 0.350. The SMILES string of the molecule is COc1ccc(CC(NC(=O)C2CN(C(=O)c3cnccn3)CCN2)C(N)=O)cc1. The standard InChI is InChI=1S/C20H24N6O4/c1-30-14-4-2-13(3-5-14)10-15(18(21)27)25-19(28)17-12-26(9-8-24-17)20(29)16-11-22-6-7-23-16/h2-7,11,15,17,24H,8-10,12H2,1H3,(H2,21,27)(H,25,28). The van der Waals surface area contributed by atoms with Gasteiger partial charge in [-0.2, -0.15) is 0 Å². The van der Waals surface area contributed by atoms with Crippen molar-refractivity contribution in [2.75, 3.05) is 26.7 Å². The van der Waals surface area contributed by atoms with Gasteiger partial charge in [0.1, 0.15) is 23.5 Å². The number of hydrogen-bond donors (Lipinski definition) is 3. The number of rotatable bonds is 7. The van der Waals surface area contributed by atoms with Gasteiger partial charge in [0.2, 0.25) is 11.8 Å². The molecule has 4 N–H and O–H groups in total. The third-order valence-corrected chi connectivity index (χ3v) is 4.82. The fourth-order valence-electron chi connectivity index (χ4n) is 3.17. The number of methoxy groups -OCH3 is 1. The van der Waals surface area contributed by atoms with Crippen molar-refractivity contribution in [1.82, 2.24) is 25.5 Å². The molecule has 158 valence electrons. The highest BCUT2D eigenvalue weighted by molar-refractivity contribution is 5.93. The second-order valence-electron chi connectivity index (χ2n) is 6.86. The van der Waals surface area contributed by atoms with E-state index in [4.69, 9.17) is 10.5 Å². The van der Waals surface area contributed by atoms with Crippen molar-refractivity contribution in [3.8, 4) is 5.75 Å². The van der Waals surface area contributed by atoms with Gasteiger partial charge in [-0.1, -0.05) is 12.1 Å². The van der Waals surface area contributed by atoms with Crippen LogP contribution in [0.1, 0.15) is 16.1 Å². The molecular weight excluding hydrogens is 388 g/mol. The Labute approximate surface area is 173 Å². The van der Waals surface area contributed by atoms with Crippen molar-refractivity contribution >= 4 is 17.7 Å². The van der Waals surface area contributed by atoms with Crippen LogP contribution in [0, 0.1) is 0 Å². The van der Waals surface area contributed by atoms with E-state index in [0.29, 0.717) is 18.8 Å². The number of nitrogens with two attached hydrogens (primary N) is 1. The topological polar surface area (TPSA) is 140 Å². The first-order chi connectivity index (χ1) is 14.5. The van der Waals surface area contributed by atoms with Crippen LogP contribution in [0.3, 0.4) is 0 Å². The van der Waals surface area contributed by atoms with Gasteiger partial charge < -0.3 is 26.0 Å². The summed E-state index contributed by atoms with van der Waals surface area (Å²) in [6.07, 6.45) is 4.56. The normalized spacial score (nSPS) is 17.1. The highest BCUT2D eigenvalue weighted by Gasteiger charge is 2.31. The second kappa shape index (κ2) is 9.79. The zero-order valence-electron chi connectivity index (χ0n) is 16.6. The molecule has 2 atom stereocenters. The van der Waals surface area contributed by atoms with E-state index in [1.54, 1.807) is 31.4 Å². The number of benzene rings is 1. The average Bonchev–Trinajstić information content (AvgIpc) is 2.79. The van der Waals surface area contributed by atoms with Crippen molar-refractivity contribution < 1.29 is 19.1 Å². The van der Waals surface area contributed by atoms with Gasteiger partial charge in [-0.15, -0.1) is 0 Å². The van der Waals surface area contributed by atoms with Gasteiger partial charge in [0.25, 0.3) is 5.91 Å². The molecule has 3 rings (SSSR count). The molecule has 2 heterocycles. The molecule has 1 aliphatic heterocycles. The number of ether oxygens (including phenoxy) is 1. The lowest BCUT2D eigenvalue weighted by atomic mass is 10.0. The molecule has 1 saturated heterocycles. The van der Waals surface area contributed by atoms with Crippen LogP contribution < -0.4 is 21.1 Å². The quantitative estimate of drug-likeness (QED) is 0.536. The summed E-state index contributed by atoms with van der Waals surface area (Å²) < 4.78 is 5.12. The van der Waals surface area contributed by atoms with Gasteiger partial charge in [0, 0.05) is 38.4 Å². The molecule has 0 spiro atoms. The average molecular weight is 412 g/mol. The summed E-state index contributed by atoms with van der Waals surface area (Å²) in [5.74, 6) is -0.642. The lowest BCUT2D eigenvalue weighted by Gasteiger charge is -2.33. The summed E-state index contributed by atoms with van der Waals surface area (Å²) in [5, 5.41) is 5.76. The van der Waals surface area contributed by atoms with Crippen LogP contribution in [0.4, 0.5) is 0 Å². The smallest absolute Gasteiger partial charge is 0.274 e. The van der Waals surface area contributed by atoms with Crippen LogP contribution in [0.2, 0.25) is 0 Å². The minimum atomic E-state index is -0.876. The third-order valence-electron chi connectivity index (χ3n) is 4.82. The fourth-order valence-corrected chi connectivity index (χ4v) is 3.17. The van der Waals surface area contributed by atoms with E-state index < -0.39 is 23.9 Å². The van der Waals surface area contributed by atoms with Crippen molar-refractivity contribution in [3.63, 3.8) is 0 Å². The maximum absolute atomic E-state index is 12.7. The van der Waals surface area contributed by atoms with Crippen LogP contribution in [0.15, 0.2) is 42.9 Å². The van der Waals surface area contributed by atoms with Crippen molar-refractivity contribution in [2.24, 2.45) is 5.73 Å². The van der Waals surface area contributed by atoms with Gasteiger partial charge in [0.15, 0.2) is 0 Å². The zero-order valence-corrected chi connectivity index (χ0v) is 16.6. The molecule has 10 nitrogen and oxygen atoms in total. The van der Waals surface area contributed by atoms with Gasteiger partial charge in [0.05, 0.1) is 13.3 Å². The third kappa shape index (κ3) is 5.29. The molecule has 1 fully saturated rings. The first-order valence-electron chi connectivity index (χ1n) is 9.49. The Bertz CT molecular complexity index is 890. The summed E-state index contributed by atoms with van der Waals surface area (Å²) in [4.78, 5) is 46.6. The number of carbonyl (C=O) groups is 3. The van der Waals surface area contributed by atoms with E-state index in [2.05, 4.69) is 20.6 Å². The molecule has 3 amide bonds. The summed E-state index contributed by atoms with van der Waals surface area (Å²) in [6.45, 7) is 1.02. The summed E-state index contributed by atoms with van der Waals surface area (Å²) in [7, 11) is 1.57.